The summed E-state index contributed by atoms with van der Waals surface area (Å²) in [5.41, 5.74) is 24.5. The van der Waals surface area contributed by atoms with Gasteiger partial charge in [0.15, 0.2) is 11.9 Å². The molecule has 3 aliphatic heterocycles. The van der Waals surface area contributed by atoms with Crippen molar-refractivity contribution in [2.24, 2.45) is 44.8 Å². The molecule has 484 valence electrons. The lowest BCUT2D eigenvalue weighted by molar-refractivity contribution is -0.139. The van der Waals surface area contributed by atoms with Gasteiger partial charge in [-0.3, -0.25) is 53.1 Å². The van der Waals surface area contributed by atoms with E-state index in [1.54, 1.807) is 60.7 Å². The normalized spacial score (nSPS) is 23.4. The Morgan fingerprint density at radius 1 is 0.400 bits per heavy atom. The van der Waals surface area contributed by atoms with E-state index in [0.717, 1.165) is 10.8 Å². The van der Waals surface area contributed by atoms with Crippen molar-refractivity contribution in [1.82, 2.24) is 53.2 Å². The van der Waals surface area contributed by atoms with Gasteiger partial charge in [-0.2, -0.15) is 0 Å². The highest BCUT2D eigenvalue weighted by atomic mass is 16.4. The SMILES string of the molecule is NC(N)=NCCC[C@H]1NC(=O)[C@H](CC2CCNCC2)NC(=O)[C@@H](CCCN=C(N)N)NC(=O)[C@H](CC2CCNCC2)NC(=O)[C@H](Cc2ccc3ccccc3c2)NC(=O)[C@@H](Cc2ccccc2)NC(=O)[C@H](Cc2ccccc2)NC(=O)[C@H](CCC(=O)O)NC1=O. The minimum absolute atomic E-state index is 0.0190. The molecule has 0 bridgehead atoms. The third-order valence-corrected chi connectivity index (χ3v) is 16.5. The molecule has 0 radical (unpaired) electrons. The van der Waals surface area contributed by atoms with Crippen LogP contribution in [0.15, 0.2) is 113 Å². The summed E-state index contributed by atoms with van der Waals surface area (Å²) in [7, 11) is 0. The van der Waals surface area contributed by atoms with Crippen molar-refractivity contribution in [1.29, 1.82) is 0 Å². The van der Waals surface area contributed by atoms with Gasteiger partial charge in [-0.25, -0.2) is 0 Å². The lowest BCUT2D eigenvalue weighted by atomic mass is 9.90. The van der Waals surface area contributed by atoms with E-state index in [1.165, 1.54) is 0 Å². The molecule has 0 unspecified atom stereocenters. The third-order valence-electron chi connectivity index (χ3n) is 16.5. The van der Waals surface area contributed by atoms with Gasteiger partial charge >= 0.3 is 5.97 Å². The zero-order valence-electron chi connectivity index (χ0n) is 50.8. The highest BCUT2D eigenvalue weighted by Gasteiger charge is 2.38. The predicted molar refractivity (Wildman–Crippen MR) is 341 cm³/mol. The van der Waals surface area contributed by atoms with Crippen LogP contribution < -0.4 is 76.1 Å². The number of carboxylic acids is 1. The zero-order chi connectivity index (χ0) is 64.4. The van der Waals surface area contributed by atoms with Crippen molar-refractivity contribution < 1.29 is 48.3 Å². The van der Waals surface area contributed by atoms with Gasteiger partial charge in [-0.05, 0) is 136 Å². The number of carbonyl (C=O) groups is 9. The van der Waals surface area contributed by atoms with Crippen LogP contribution in [0, 0.1) is 11.8 Å². The fourth-order valence-electron chi connectivity index (χ4n) is 11.6. The van der Waals surface area contributed by atoms with E-state index in [9.17, 15) is 24.3 Å². The quantitative estimate of drug-likeness (QED) is 0.0284. The molecule has 19 N–H and O–H groups in total. The van der Waals surface area contributed by atoms with Crippen molar-refractivity contribution in [2.45, 2.75) is 145 Å². The zero-order valence-corrected chi connectivity index (χ0v) is 50.8. The molecule has 26 heteroatoms. The van der Waals surface area contributed by atoms with Crippen LogP contribution in [0.1, 0.15) is 93.7 Å². The first kappa shape index (κ1) is 68.3. The van der Waals surface area contributed by atoms with Crippen LogP contribution in [0.5, 0.6) is 0 Å². The van der Waals surface area contributed by atoms with Crippen LogP contribution in [-0.2, 0) is 62.4 Å². The fraction of sp³-hybridized carbons (Fsp3) is 0.484. The molecule has 3 saturated heterocycles. The summed E-state index contributed by atoms with van der Waals surface area (Å²) in [6, 6.07) is 19.5. The number of hydrogen-bond donors (Lipinski definition) is 15. The number of carboxylic acid groups (broad SMARTS) is 1. The molecule has 4 aromatic rings. The van der Waals surface area contributed by atoms with Gasteiger partial charge in [0.25, 0.3) is 0 Å². The fourth-order valence-corrected chi connectivity index (χ4v) is 11.6. The highest BCUT2D eigenvalue weighted by Crippen LogP contribution is 2.22. The number of nitrogens with one attached hydrogen (secondary N) is 10. The minimum atomic E-state index is -1.62. The van der Waals surface area contributed by atoms with Crippen molar-refractivity contribution in [3.8, 4) is 0 Å². The molecule has 4 aromatic carbocycles. The molecule has 7 rings (SSSR count). The van der Waals surface area contributed by atoms with Crippen LogP contribution in [0.25, 0.3) is 10.8 Å². The summed E-state index contributed by atoms with van der Waals surface area (Å²) in [4.78, 5) is 141. The molecule has 0 spiro atoms. The molecule has 0 aliphatic carbocycles. The van der Waals surface area contributed by atoms with E-state index in [0.29, 0.717) is 68.6 Å². The third kappa shape index (κ3) is 22.5. The molecule has 3 fully saturated rings. The number of aliphatic carboxylic acids is 1. The molecule has 8 amide bonds. The number of nitrogens with zero attached hydrogens (tertiary/aromatic N) is 2. The second kappa shape index (κ2) is 35.1. The van der Waals surface area contributed by atoms with Crippen molar-refractivity contribution in [2.75, 3.05) is 39.3 Å². The van der Waals surface area contributed by atoms with Crippen molar-refractivity contribution in [3.05, 3.63) is 120 Å². The van der Waals surface area contributed by atoms with Crippen LogP contribution in [-0.4, -0.2) is 158 Å². The maximum absolute atomic E-state index is 15.3. The van der Waals surface area contributed by atoms with E-state index in [-0.39, 0.29) is 94.6 Å². The summed E-state index contributed by atoms with van der Waals surface area (Å²) in [5, 5.41) is 41.1. The smallest absolute Gasteiger partial charge is 0.303 e. The minimum Gasteiger partial charge on any atom is -0.481 e. The molecule has 3 heterocycles. The summed E-state index contributed by atoms with van der Waals surface area (Å²) in [6.45, 7) is 2.64. The second-order valence-electron chi connectivity index (χ2n) is 23.4. The number of piperidine rings is 2. The molecule has 90 heavy (non-hydrogen) atoms. The number of hydrogen-bond acceptors (Lipinski definition) is 13. The second-order valence-corrected chi connectivity index (χ2v) is 23.4. The van der Waals surface area contributed by atoms with Gasteiger partial charge < -0.3 is 81.2 Å². The van der Waals surface area contributed by atoms with Crippen LogP contribution >= 0.6 is 0 Å². The first-order valence-corrected chi connectivity index (χ1v) is 31.1. The largest absolute Gasteiger partial charge is 0.481 e. The predicted octanol–water partition coefficient (Wildman–Crippen LogP) is -0.489. The first-order valence-electron chi connectivity index (χ1n) is 31.1. The van der Waals surface area contributed by atoms with Gasteiger partial charge in [0.1, 0.15) is 48.3 Å². The number of amides is 8. The van der Waals surface area contributed by atoms with E-state index in [1.807, 2.05) is 42.5 Å². The van der Waals surface area contributed by atoms with Crippen molar-refractivity contribution in [3.63, 3.8) is 0 Å². The maximum Gasteiger partial charge on any atom is 0.303 e. The Hall–Kier alpha value is -9.17. The Kier molecular flexibility index (Phi) is 26.7. The van der Waals surface area contributed by atoms with Crippen LogP contribution in [0.2, 0.25) is 0 Å². The number of guanidine groups is 2. The van der Waals surface area contributed by atoms with Gasteiger partial charge in [-0.1, -0.05) is 103 Å². The topological polar surface area (TPSA) is 423 Å². The molecular weight excluding hydrogens is 1150 g/mol. The average Bonchev–Trinajstić information content (AvgIpc) is 2.27. The number of nitrogens with two attached hydrogens (primary N) is 4. The number of rotatable bonds is 21. The van der Waals surface area contributed by atoms with Gasteiger partial charge in [0.05, 0.1) is 0 Å². The van der Waals surface area contributed by atoms with Gasteiger partial charge in [0, 0.05) is 38.8 Å². The Bertz CT molecular complexity index is 3130. The van der Waals surface area contributed by atoms with E-state index >= 15 is 24.0 Å². The van der Waals surface area contributed by atoms with E-state index in [4.69, 9.17) is 22.9 Å². The summed E-state index contributed by atoms with van der Waals surface area (Å²) in [5.74, 6) is -8.39. The molecule has 3 aliphatic rings. The van der Waals surface area contributed by atoms with E-state index in [2.05, 4.69) is 63.2 Å². The lowest BCUT2D eigenvalue weighted by Gasteiger charge is -2.32. The maximum atomic E-state index is 15.3. The summed E-state index contributed by atoms with van der Waals surface area (Å²) in [6.07, 6.45) is 1.58. The van der Waals surface area contributed by atoms with Crippen molar-refractivity contribution >= 4 is 75.9 Å². The van der Waals surface area contributed by atoms with Crippen LogP contribution in [0.4, 0.5) is 0 Å². The summed E-state index contributed by atoms with van der Waals surface area (Å²) >= 11 is 0. The molecular formula is C64H88N16O10. The molecule has 0 saturated carbocycles. The lowest BCUT2D eigenvalue weighted by Crippen LogP contribution is -2.62. The Morgan fingerprint density at radius 3 is 1.13 bits per heavy atom. The molecule has 26 nitrogen and oxygen atoms in total. The first-order chi connectivity index (χ1) is 43.4. The summed E-state index contributed by atoms with van der Waals surface area (Å²) < 4.78 is 0. The van der Waals surface area contributed by atoms with E-state index < -0.39 is 114 Å². The Balaban J connectivity index is 1.35. The number of benzene rings is 4. The highest BCUT2D eigenvalue weighted by molar-refractivity contribution is 5.99. The standard InChI is InChI=1S/C64H88N16O10/c65-63(66)71-27-9-17-46-55(83)75-48(21-22-54(81)82)57(85)77-49(34-39-11-3-1-4-12-39)60(88)78-50(35-40-13-5-2-6-14-40)61(89)80-53(38-43-19-20-44-15-7-8-16-45(44)33-43)62(90)79-52(37-42-25-31-70-32-26-42)59(87)74-47(18-10-28-72-64(67)68)56(84)76-51(58(86)73-46)36-41-23-29-69-30-24-41/h1-8,11-16,19-20,33,41-42,46-53,69-70H,9-10,17-18,21-32,34-38H2,(H,73,86)(H,74,87)(H,75,83)(H,76,84)(H,77,85)(H,78,88)(H,79,90)(H,80,89)(H,81,82)(H4,65,66,71)(H4,67,68,72)/t46-,47-,48+,49+,50-,51+,52+,53+/m1/s1. The van der Waals surface area contributed by atoms with Crippen LogP contribution in [0.3, 0.4) is 0 Å². The Morgan fingerprint density at radius 2 is 0.733 bits per heavy atom. The molecule has 8 atom stereocenters. The van der Waals surface area contributed by atoms with Gasteiger partial charge in [-0.15, -0.1) is 0 Å². The van der Waals surface area contributed by atoms with Gasteiger partial charge in [0.2, 0.25) is 47.3 Å². The molecule has 0 aromatic heterocycles. The number of fused-ring (bicyclic) bond motifs is 1. The average molecular weight is 1240 g/mol. The Labute approximate surface area is 523 Å². The number of carbonyl (C=O) groups excluding carboxylic acids is 8. The monoisotopic (exact) mass is 1240 g/mol. The number of aliphatic imine (C=N–C) groups is 2.